The molecule has 0 spiro atoms. The van der Waals surface area contributed by atoms with Crippen LogP contribution < -0.4 is 0 Å². The Hall–Kier alpha value is -0.990. The van der Waals surface area contributed by atoms with E-state index >= 15 is 0 Å². The van der Waals surface area contributed by atoms with Crippen LogP contribution in [0.1, 0.15) is 463 Å². The molecule has 1 N–H and O–H groups in total. The first-order valence-corrected chi connectivity index (χ1v) is 43.3. The Morgan fingerprint density at radius 1 is 0.293 bits per heavy atom. The van der Waals surface area contributed by atoms with Gasteiger partial charge >= 0.3 is 19.8 Å². The molecule has 0 aromatic rings. The maximum Gasteiger partial charge on any atom is 0.472 e. The monoisotopic (exact) mass is 1320 g/mol. The molecule has 0 saturated carbocycles. The van der Waals surface area contributed by atoms with Crippen molar-refractivity contribution in [3.63, 3.8) is 0 Å². The van der Waals surface area contributed by atoms with Gasteiger partial charge in [0.1, 0.15) is 19.8 Å². The highest BCUT2D eigenvalue weighted by atomic mass is 31.2. The minimum atomic E-state index is -4.39. The number of phosphoric ester groups is 1. The van der Waals surface area contributed by atoms with Gasteiger partial charge in [0.15, 0.2) is 6.10 Å². The first kappa shape index (κ1) is 91.0. The highest BCUT2D eigenvalue weighted by Crippen LogP contribution is 2.43. The summed E-state index contributed by atoms with van der Waals surface area (Å²) in [5.41, 5.74) is 0. The molecule has 0 fully saturated rings. The number of nitrogens with zero attached hydrogens (tertiary/aromatic N) is 1. The third-order valence-corrected chi connectivity index (χ3v) is 20.6. The minimum Gasteiger partial charge on any atom is -0.462 e. The number of rotatable bonds is 80. The van der Waals surface area contributed by atoms with Crippen molar-refractivity contribution >= 4 is 19.8 Å². The van der Waals surface area contributed by atoms with E-state index in [1.54, 1.807) is 0 Å². The minimum absolute atomic E-state index is 0.0379. The zero-order chi connectivity index (χ0) is 66.9. The summed E-state index contributed by atoms with van der Waals surface area (Å²) in [6.07, 6.45) is 92.8. The molecule has 0 saturated heterocycles. The van der Waals surface area contributed by atoms with Gasteiger partial charge in [0.05, 0.1) is 27.7 Å². The summed E-state index contributed by atoms with van der Waals surface area (Å²) in [7, 11) is 1.51. The molecule has 0 amide bonds. The Morgan fingerprint density at radius 3 is 0.696 bits per heavy atom. The van der Waals surface area contributed by atoms with Gasteiger partial charge in [-0.2, -0.15) is 0 Å². The summed E-state index contributed by atoms with van der Waals surface area (Å²) in [6.45, 7) is 4.55. The molecular weight excluding hydrogens is 1160 g/mol. The Morgan fingerprint density at radius 2 is 0.489 bits per heavy atom. The molecule has 0 bridgehead atoms. The number of ether oxygens (including phenoxy) is 2. The lowest BCUT2D eigenvalue weighted by molar-refractivity contribution is -0.870. The average molecular weight is 1320 g/mol. The highest BCUT2D eigenvalue weighted by molar-refractivity contribution is 7.47. The molecule has 92 heavy (non-hydrogen) atoms. The first-order chi connectivity index (χ1) is 45.0. The average Bonchev–Trinajstić information content (AvgIpc) is 2.38. The van der Waals surface area contributed by atoms with Crippen LogP contribution >= 0.6 is 7.82 Å². The van der Waals surface area contributed by atoms with Crippen LogP contribution in [0.15, 0.2) is 0 Å². The van der Waals surface area contributed by atoms with E-state index in [0.29, 0.717) is 17.4 Å². The Balaban J connectivity index is 3.85. The predicted molar refractivity (Wildman–Crippen MR) is 400 cm³/mol. The summed E-state index contributed by atoms with van der Waals surface area (Å²) in [6, 6.07) is 0. The van der Waals surface area contributed by atoms with Crippen LogP contribution in [0, 0.1) is 0 Å². The normalized spacial score (nSPS) is 12.9. The quantitative estimate of drug-likeness (QED) is 0.0278. The Labute approximate surface area is 575 Å². The molecule has 0 aliphatic heterocycles. The smallest absolute Gasteiger partial charge is 0.462 e. The number of likely N-dealkylation sites (N-methyl/N-ethyl adjacent to an activating group) is 1. The van der Waals surface area contributed by atoms with Crippen molar-refractivity contribution in [2.75, 3.05) is 47.5 Å². The van der Waals surface area contributed by atoms with Crippen LogP contribution in [-0.2, 0) is 32.7 Å². The third kappa shape index (κ3) is 78.0. The van der Waals surface area contributed by atoms with E-state index in [9.17, 15) is 19.0 Å². The first-order valence-electron chi connectivity index (χ1n) is 41.8. The maximum atomic E-state index is 12.9. The van der Waals surface area contributed by atoms with Crippen LogP contribution in [0.3, 0.4) is 0 Å². The van der Waals surface area contributed by atoms with Gasteiger partial charge in [-0.05, 0) is 12.8 Å². The number of quaternary nitrogens is 1. The summed E-state index contributed by atoms with van der Waals surface area (Å²) >= 11 is 0. The van der Waals surface area contributed by atoms with E-state index in [-0.39, 0.29) is 25.6 Å². The number of phosphoric acid groups is 1. The van der Waals surface area contributed by atoms with E-state index in [0.717, 1.165) is 38.5 Å². The number of carbonyl (C=O) groups is 2. The zero-order valence-corrected chi connectivity index (χ0v) is 64.0. The third-order valence-electron chi connectivity index (χ3n) is 19.6. The van der Waals surface area contributed by atoms with E-state index in [1.165, 1.54) is 398 Å². The van der Waals surface area contributed by atoms with E-state index in [2.05, 4.69) is 13.8 Å². The second-order valence-electron chi connectivity index (χ2n) is 30.2. The molecule has 9 nitrogen and oxygen atoms in total. The molecule has 0 heterocycles. The van der Waals surface area contributed by atoms with Crippen molar-refractivity contribution in [2.24, 2.45) is 0 Å². The second kappa shape index (κ2) is 74.2. The van der Waals surface area contributed by atoms with Gasteiger partial charge in [-0.1, -0.05) is 438 Å². The van der Waals surface area contributed by atoms with Crippen molar-refractivity contribution in [2.45, 2.75) is 469 Å². The lowest BCUT2D eigenvalue weighted by Crippen LogP contribution is -2.37. The summed E-state index contributed by atoms with van der Waals surface area (Å²) in [4.78, 5) is 36.0. The molecule has 0 aliphatic carbocycles. The van der Waals surface area contributed by atoms with Crippen molar-refractivity contribution in [1.29, 1.82) is 0 Å². The topological polar surface area (TPSA) is 108 Å². The number of hydrogen-bond donors (Lipinski definition) is 1. The molecule has 0 aliphatic rings. The van der Waals surface area contributed by atoms with Gasteiger partial charge in [-0.15, -0.1) is 0 Å². The lowest BCUT2D eigenvalue weighted by Gasteiger charge is -2.24. The van der Waals surface area contributed by atoms with Crippen molar-refractivity contribution in [1.82, 2.24) is 0 Å². The molecule has 10 heteroatoms. The second-order valence-corrected chi connectivity index (χ2v) is 31.7. The summed E-state index contributed by atoms with van der Waals surface area (Å²) in [5.74, 6) is -0.763. The largest absolute Gasteiger partial charge is 0.472 e. The molecule has 0 aromatic carbocycles. The molecule has 0 rings (SSSR count). The number of esters is 2. The van der Waals surface area contributed by atoms with E-state index in [1.807, 2.05) is 21.1 Å². The predicted octanol–water partition coefficient (Wildman–Crippen LogP) is 27.6. The summed E-state index contributed by atoms with van der Waals surface area (Å²) in [5, 5.41) is 0. The van der Waals surface area contributed by atoms with Gasteiger partial charge in [0.25, 0.3) is 0 Å². The number of unbranched alkanes of at least 4 members (excludes halogenated alkanes) is 66. The summed E-state index contributed by atoms with van der Waals surface area (Å²) < 4.78 is 34.9. The Bertz CT molecular complexity index is 1510. The lowest BCUT2D eigenvalue weighted by atomic mass is 10.0. The highest BCUT2D eigenvalue weighted by Gasteiger charge is 2.27. The van der Waals surface area contributed by atoms with Gasteiger partial charge in [-0.25, -0.2) is 4.57 Å². The number of hydrogen-bond acceptors (Lipinski definition) is 7. The fraction of sp³-hybridized carbons (Fsp3) is 0.976. The van der Waals surface area contributed by atoms with Gasteiger partial charge in [0.2, 0.25) is 0 Å². The standard InChI is InChI=1S/C82H164NO8P/c1-6-8-10-12-14-16-18-20-22-24-26-28-30-32-34-36-38-39-40-41-42-43-44-45-47-49-51-53-55-57-59-61-63-65-67-69-71-73-75-82(85)91-80(79-90-92(86,87)89-77-76-83(3,4)5)78-88-81(84)74-72-70-68-66-64-62-60-58-56-54-52-50-48-46-37-35-33-31-29-27-25-23-21-19-17-15-13-11-9-7-2/h80H,6-79H2,1-5H3/p+1. The van der Waals surface area contributed by atoms with Crippen molar-refractivity contribution in [3.05, 3.63) is 0 Å². The van der Waals surface area contributed by atoms with Gasteiger partial charge < -0.3 is 18.9 Å². The van der Waals surface area contributed by atoms with Crippen LogP contribution in [-0.4, -0.2) is 74.9 Å². The molecule has 0 aromatic heterocycles. The molecule has 2 atom stereocenters. The molecular formula is C82H165NO8P+. The fourth-order valence-electron chi connectivity index (χ4n) is 13.3. The van der Waals surface area contributed by atoms with E-state index < -0.39 is 26.5 Å². The maximum absolute atomic E-state index is 12.9. The van der Waals surface area contributed by atoms with Crippen LogP contribution in [0.4, 0.5) is 0 Å². The van der Waals surface area contributed by atoms with Crippen molar-refractivity contribution in [3.8, 4) is 0 Å². The molecule has 0 radical (unpaired) electrons. The van der Waals surface area contributed by atoms with E-state index in [4.69, 9.17) is 18.5 Å². The number of carbonyl (C=O) groups excluding carboxylic acids is 2. The van der Waals surface area contributed by atoms with Crippen LogP contribution in [0.5, 0.6) is 0 Å². The van der Waals surface area contributed by atoms with Gasteiger partial charge in [0, 0.05) is 12.8 Å². The SMILES string of the molecule is CCCCCCCCCCCCCCCCCCCCCCCCCCCCCCCCCCCCCCCCC(=O)OC(COC(=O)CCCCCCCCCCCCCCCCCCCCCCCCCCCCCCCC)COP(=O)(O)OCC[N+](C)(C)C. The van der Waals surface area contributed by atoms with Crippen molar-refractivity contribution < 1.29 is 42.1 Å². The molecule has 2 unspecified atom stereocenters. The van der Waals surface area contributed by atoms with Crippen LogP contribution in [0.2, 0.25) is 0 Å². The van der Waals surface area contributed by atoms with Crippen LogP contribution in [0.25, 0.3) is 0 Å². The van der Waals surface area contributed by atoms with Gasteiger partial charge in [-0.3, -0.25) is 18.6 Å². The fourth-order valence-corrected chi connectivity index (χ4v) is 14.0. The zero-order valence-electron chi connectivity index (χ0n) is 63.1. The molecule has 550 valence electrons. The Kier molecular flexibility index (Phi) is 73.4.